The predicted molar refractivity (Wildman–Crippen MR) is 96.8 cm³/mol. The normalized spacial score (nSPS) is 18.2. The van der Waals surface area contributed by atoms with Gasteiger partial charge in [-0.05, 0) is 63.0 Å². The maximum atomic E-state index is 12.4. The molecule has 4 rings (SSSR count). The third-order valence-corrected chi connectivity index (χ3v) is 5.40. The number of anilines is 1. The molecule has 1 saturated heterocycles. The number of aromatic nitrogens is 4. The van der Waals surface area contributed by atoms with Crippen LogP contribution >= 0.6 is 0 Å². The molecular weight excluding hydrogens is 314 g/mol. The van der Waals surface area contributed by atoms with Gasteiger partial charge in [-0.25, -0.2) is 14.6 Å². The molecule has 1 aliphatic heterocycles. The number of aryl methyl sites for hydroxylation is 3. The van der Waals surface area contributed by atoms with E-state index in [2.05, 4.69) is 20.0 Å². The molecule has 1 fully saturated rings. The van der Waals surface area contributed by atoms with Crippen LogP contribution in [0.5, 0.6) is 0 Å². The molecule has 0 aromatic carbocycles. The molecule has 2 aliphatic rings. The molecule has 6 nitrogen and oxygen atoms in total. The van der Waals surface area contributed by atoms with Gasteiger partial charge in [0.25, 0.3) is 5.56 Å². The van der Waals surface area contributed by atoms with Gasteiger partial charge in [-0.2, -0.15) is 5.10 Å². The van der Waals surface area contributed by atoms with Gasteiger partial charge in [0, 0.05) is 31.9 Å². The Morgan fingerprint density at radius 1 is 1.20 bits per heavy atom. The highest BCUT2D eigenvalue weighted by molar-refractivity contribution is 5.37. The number of fused-ring (bicyclic) bond motifs is 1. The van der Waals surface area contributed by atoms with Crippen molar-refractivity contribution in [3.8, 4) is 0 Å². The fraction of sp³-hybridized carbons (Fsp3) is 0.579. The fourth-order valence-electron chi connectivity index (χ4n) is 3.94. The van der Waals surface area contributed by atoms with Crippen molar-refractivity contribution in [2.45, 2.75) is 52.0 Å². The van der Waals surface area contributed by atoms with Gasteiger partial charge in [-0.1, -0.05) is 0 Å². The largest absolute Gasteiger partial charge is 0.356 e. The van der Waals surface area contributed by atoms with Gasteiger partial charge in [-0.15, -0.1) is 0 Å². The maximum absolute atomic E-state index is 12.4. The number of rotatable bonds is 3. The van der Waals surface area contributed by atoms with E-state index in [9.17, 15) is 4.79 Å². The SMILES string of the molecule is Cc1nccc(N2CCC(Cn3nc4c(cc3=O)CCCC4)CC2)n1. The Labute approximate surface area is 147 Å². The van der Waals surface area contributed by atoms with E-state index in [1.54, 1.807) is 4.68 Å². The highest BCUT2D eigenvalue weighted by Crippen LogP contribution is 2.23. The second-order valence-electron chi connectivity index (χ2n) is 7.24. The van der Waals surface area contributed by atoms with Crippen LogP contribution in [0.2, 0.25) is 0 Å². The summed E-state index contributed by atoms with van der Waals surface area (Å²) in [5.74, 6) is 2.32. The van der Waals surface area contributed by atoms with Gasteiger partial charge >= 0.3 is 0 Å². The predicted octanol–water partition coefficient (Wildman–Crippen LogP) is 2.14. The quantitative estimate of drug-likeness (QED) is 0.857. The van der Waals surface area contributed by atoms with E-state index in [-0.39, 0.29) is 5.56 Å². The summed E-state index contributed by atoms with van der Waals surface area (Å²) >= 11 is 0. The topological polar surface area (TPSA) is 63.9 Å². The molecule has 0 spiro atoms. The molecule has 0 amide bonds. The van der Waals surface area contributed by atoms with E-state index in [1.807, 2.05) is 25.3 Å². The Morgan fingerprint density at radius 3 is 2.80 bits per heavy atom. The molecule has 0 bridgehead atoms. The summed E-state index contributed by atoms with van der Waals surface area (Å²) in [6.07, 6.45) is 8.34. The van der Waals surface area contributed by atoms with Crippen LogP contribution in [0.25, 0.3) is 0 Å². The van der Waals surface area contributed by atoms with Crippen LogP contribution in [-0.2, 0) is 19.4 Å². The minimum absolute atomic E-state index is 0.0644. The highest BCUT2D eigenvalue weighted by Gasteiger charge is 2.22. The van der Waals surface area contributed by atoms with Crippen LogP contribution in [0, 0.1) is 12.8 Å². The van der Waals surface area contributed by atoms with E-state index in [4.69, 9.17) is 0 Å². The Bertz CT molecular complexity index is 808. The van der Waals surface area contributed by atoms with Crippen molar-refractivity contribution in [1.29, 1.82) is 0 Å². The van der Waals surface area contributed by atoms with Gasteiger partial charge in [0.1, 0.15) is 11.6 Å². The molecular formula is C19H25N5O. The Morgan fingerprint density at radius 2 is 2.00 bits per heavy atom. The van der Waals surface area contributed by atoms with Gasteiger partial charge in [0.15, 0.2) is 0 Å². The summed E-state index contributed by atoms with van der Waals surface area (Å²) in [7, 11) is 0. The average Bonchev–Trinajstić information content (AvgIpc) is 2.63. The average molecular weight is 339 g/mol. The molecule has 0 N–H and O–H groups in total. The van der Waals surface area contributed by atoms with Gasteiger partial charge in [0.2, 0.25) is 0 Å². The fourth-order valence-corrected chi connectivity index (χ4v) is 3.94. The molecule has 0 radical (unpaired) electrons. The van der Waals surface area contributed by atoms with Gasteiger partial charge < -0.3 is 4.90 Å². The summed E-state index contributed by atoms with van der Waals surface area (Å²) in [4.78, 5) is 23.4. The number of piperidine rings is 1. The molecule has 0 atom stereocenters. The third-order valence-electron chi connectivity index (χ3n) is 5.40. The molecule has 2 aromatic heterocycles. The van der Waals surface area contributed by atoms with Gasteiger partial charge in [0.05, 0.1) is 5.69 Å². The standard InChI is InChI=1S/C19H25N5O/c1-14-20-9-6-18(21-14)23-10-7-15(8-11-23)13-24-19(25)12-16-4-2-3-5-17(16)22-24/h6,9,12,15H,2-5,7-8,10-11,13H2,1H3. The minimum atomic E-state index is 0.0644. The second-order valence-corrected chi connectivity index (χ2v) is 7.24. The zero-order valence-electron chi connectivity index (χ0n) is 14.8. The minimum Gasteiger partial charge on any atom is -0.356 e. The molecule has 25 heavy (non-hydrogen) atoms. The number of hydrogen-bond donors (Lipinski definition) is 0. The van der Waals surface area contributed by atoms with Crippen LogP contribution in [0.1, 0.15) is 42.8 Å². The van der Waals surface area contributed by atoms with Crippen molar-refractivity contribution in [2.75, 3.05) is 18.0 Å². The van der Waals surface area contributed by atoms with Crippen molar-refractivity contribution in [2.24, 2.45) is 5.92 Å². The van der Waals surface area contributed by atoms with Crippen molar-refractivity contribution in [1.82, 2.24) is 19.7 Å². The highest BCUT2D eigenvalue weighted by atomic mass is 16.1. The molecule has 2 aromatic rings. The van der Waals surface area contributed by atoms with E-state index >= 15 is 0 Å². The summed E-state index contributed by atoms with van der Waals surface area (Å²) < 4.78 is 1.71. The zero-order chi connectivity index (χ0) is 17.2. The van der Waals surface area contributed by atoms with Gasteiger partial charge in [-0.3, -0.25) is 4.79 Å². The molecule has 6 heteroatoms. The molecule has 1 aliphatic carbocycles. The van der Waals surface area contributed by atoms with Crippen LogP contribution in [0.4, 0.5) is 5.82 Å². The van der Waals surface area contributed by atoms with E-state index in [1.165, 1.54) is 18.4 Å². The first kappa shape index (κ1) is 16.2. The summed E-state index contributed by atoms with van der Waals surface area (Å²) in [6.45, 7) is 4.61. The van der Waals surface area contributed by atoms with Crippen LogP contribution < -0.4 is 10.5 Å². The van der Waals surface area contributed by atoms with Crippen LogP contribution in [0.3, 0.4) is 0 Å². The maximum Gasteiger partial charge on any atom is 0.267 e. The van der Waals surface area contributed by atoms with Crippen LogP contribution in [0.15, 0.2) is 23.1 Å². The summed E-state index contributed by atoms with van der Waals surface area (Å²) in [6, 6.07) is 3.79. The van der Waals surface area contributed by atoms with Crippen molar-refractivity contribution < 1.29 is 0 Å². The first-order valence-corrected chi connectivity index (χ1v) is 9.33. The summed E-state index contributed by atoms with van der Waals surface area (Å²) in [5, 5.41) is 4.67. The molecule has 3 heterocycles. The first-order chi connectivity index (χ1) is 12.2. The number of nitrogens with zero attached hydrogens (tertiary/aromatic N) is 5. The molecule has 0 saturated carbocycles. The summed E-state index contributed by atoms with van der Waals surface area (Å²) in [5.41, 5.74) is 2.37. The lowest BCUT2D eigenvalue weighted by molar-refractivity contribution is 0.331. The first-order valence-electron chi connectivity index (χ1n) is 9.33. The Balaban J connectivity index is 1.41. The van der Waals surface area contributed by atoms with E-state index in [0.717, 1.165) is 62.7 Å². The lowest BCUT2D eigenvalue weighted by atomic mass is 9.96. The number of hydrogen-bond acceptors (Lipinski definition) is 5. The van der Waals surface area contributed by atoms with E-state index in [0.29, 0.717) is 5.92 Å². The smallest absolute Gasteiger partial charge is 0.267 e. The monoisotopic (exact) mass is 339 g/mol. The van der Waals surface area contributed by atoms with E-state index < -0.39 is 0 Å². The lowest BCUT2D eigenvalue weighted by Gasteiger charge is -2.33. The Hall–Kier alpha value is -2.24. The zero-order valence-corrected chi connectivity index (χ0v) is 14.8. The molecule has 132 valence electrons. The Kier molecular flexibility index (Phi) is 4.51. The molecule has 0 unspecified atom stereocenters. The lowest BCUT2D eigenvalue weighted by Crippen LogP contribution is -2.37. The third kappa shape index (κ3) is 3.57. The second kappa shape index (κ2) is 6.94. The van der Waals surface area contributed by atoms with Crippen molar-refractivity contribution in [3.63, 3.8) is 0 Å². The van der Waals surface area contributed by atoms with Crippen LogP contribution in [-0.4, -0.2) is 32.8 Å². The van der Waals surface area contributed by atoms with Crippen molar-refractivity contribution >= 4 is 5.82 Å². The van der Waals surface area contributed by atoms with Crippen molar-refractivity contribution in [3.05, 3.63) is 45.8 Å².